The van der Waals surface area contributed by atoms with Gasteiger partial charge in [-0.15, -0.1) is 0 Å². The lowest BCUT2D eigenvalue weighted by Gasteiger charge is -2.25. The zero-order valence-electron chi connectivity index (χ0n) is 12.9. The number of rotatable bonds is 5. The van der Waals surface area contributed by atoms with Crippen molar-refractivity contribution in [3.05, 3.63) is 17.5 Å². The molecule has 5 heteroatoms. The van der Waals surface area contributed by atoms with Crippen molar-refractivity contribution in [2.75, 3.05) is 18.4 Å². The lowest BCUT2D eigenvalue weighted by molar-refractivity contribution is -0.127. The summed E-state index contributed by atoms with van der Waals surface area (Å²) in [6.45, 7) is 5.72. The van der Waals surface area contributed by atoms with Crippen molar-refractivity contribution in [1.29, 1.82) is 0 Å². The van der Waals surface area contributed by atoms with E-state index in [1.807, 2.05) is 11.8 Å². The molecule has 2 aliphatic rings. The molecule has 1 aliphatic heterocycles. The van der Waals surface area contributed by atoms with Gasteiger partial charge in [-0.05, 0) is 32.3 Å². The maximum absolute atomic E-state index is 11.9. The van der Waals surface area contributed by atoms with E-state index < -0.39 is 0 Å². The van der Waals surface area contributed by atoms with E-state index >= 15 is 0 Å². The van der Waals surface area contributed by atoms with Crippen LogP contribution < -0.4 is 5.32 Å². The fourth-order valence-corrected chi connectivity index (χ4v) is 3.11. The van der Waals surface area contributed by atoms with Crippen molar-refractivity contribution in [1.82, 2.24) is 14.9 Å². The molecule has 1 aromatic rings. The Hall–Kier alpha value is -1.65. The Morgan fingerprint density at radius 1 is 1.38 bits per heavy atom. The first-order valence-corrected chi connectivity index (χ1v) is 8.05. The molecule has 2 heterocycles. The number of anilines is 1. The molecule has 1 aliphatic carbocycles. The van der Waals surface area contributed by atoms with E-state index in [2.05, 4.69) is 28.3 Å². The highest BCUT2D eigenvalue weighted by atomic mass is 16.2. The van der Waals surface area contributed by atoms with E-state index in [1.54, 1.807) is 0 Å². The number of aryl methyl sites for hydroxylation is 1. The SMILES string of the molecule is CCCN1C[C@H](Nc2nc(C)cc(C3CCC3)n2)CC1=O. The zero-order chi connectivity index (χ0) is 14.8. The van der Waals surface area contributed by atoms with Gasteiger partial charge in [-0.1, -0.05) is 13.3 Å². The molecular formula is C16H24N4O. The molecule has 114 valence electrons. The van der Waals surface area contributed by atoms with Crippen molar-refractivity contribution >= 4 is 11.9 Å². The van der Waals surface area contributed by atoms with Crippen LogP contribution in [-0.4, -0.2) is 39.9 Å². The molecule has 2 fully saturated rings. The minimum absolute atomic E-state index is 0.139. The average Bonchev–Trinajstić information content (AvgIpc) is 2.67. The Morgan fingerprint density at radius 2 is 2.19 bits per heavy atom. The third-order valence-electron chi connectivity index (χ3n) is 4.44. The molecule has 0 spiro atoms. The molecular weight excluding hydrogens is 264 g/mol. The Balaban J connectivity index is 1.67. The van der Waals surface area contributed by atoms with Gasteiger partial charge >= 0.3 is 0 Å². The van der Waals surface area contributed by atoms with Crippen molar-refractivity contribution in [3.63, 3.8) is 0 Å². The van der Waals surface area contributed by atoms with Gasteiger partial charge in [0.05, 0.1) is 6.04 Å². The van der Waals surface area contributed by atoms with Crippen LogP contribution in [0.1, 0.15) is 56.3 Å². The van der Waals surface area contributed by atoms with Crippen LogP contribution in [0.2, 0.25) is 0 Å². The minimum atomic E-state index is 0.139. The first-order chi connectivity index (χ1) is 10.2. The third-order valence-corrected chi connectivity index (χ3v) is 4.44. The van der Waals surface area contributed by atoms with Crippen LogP contribution in [0.5, 0.6) is 0 Å². The highest BCUT2D eigenvalue weighted by molar-refractivity contribution is 5.79. The number of hydrogen-bond donors (Lipinski definition) is 1. The van der Waals surface area contributed by atoms with Crippen molar-refractivity contribution in [2.45, 2.75) is 57.9 Å². The standard InChI is InChI=1S/C16H24N4O/c1-3-7-20-10-13(9-15(20)21)18-16-17-11(2)8-14(19-16)12-5-4-6-12/h8,12-13H,3-7,9-10H2,1-2H3,(H,17,18,19)/t13-/m1/s1. The molecule has 1 amide bonds. The Labute approximate surface area is 126 Å². The first-order valence-electron chi connectivity index (χ1n) is 8.05. The number of carbonyl (C=O) groups is 1. The maximum atomic E-state index is 11.9. The molecule has 1 N–H and O–H groups in total. The number of amides is 1. The van der Waals surface area contributed by atoms with Crippen molar-refractivity contribution in [2.24, 2.45) is 0 Å². The van der Waals surface area contributed by atoms with E-state index in [9.17, 15) is 4.79 Å². The summed E-state index contributed by atoms with van der Waals surface area (Å²) in [5, 5.41) is 3.36. The smallest absolute Gasteiger partial charge is 0.224 e. The minimum Gasteiger partial charge on any atom is -0.349 e. The van der Waals surface area contributed by atoms with Gasteiger partial charge in [-0.3, -0.25) is 4.79 Å². The zero-order valence-corrected chi connectivity index (χ0v) is 12.9. The largest absolute Gasteiger partial charge is 0.349 e. The van der Waals surface area contributed by atoms with E-state index in [0.717, 1.165) is 30.9 Å². The van der Waals surface area contributed by atoms with E-state index in [4.69, 9.17) is 0 Å². The molecule has 1 atom stereocenters. The van der Waals surface area contributed by atoms with E-state index in [-0.39, 0.29) is 11.9 Å². The highest BCUT2D eigenvalue weighted by Gasteiger charge is 2.29. The Morgan fingerprint density at radius 3 is 2.86 bits per heavy atom. The van der Waals surface area contributed by atoms with E-state index in [0.29, 0.717) is 18.3 Å². The molecule has 1 saturated carbocycles. The molecule has 0 aromatic carbocycles. The van der Waals surface area contributed by atoms with Gasteiger partial charge in [0, 0.05) is 36.8 Å². The summed E-state index contributed by atoms with van der Waals surface area (Å²) in [7, 11) is 0. The molecule has 5 nitrogen and oxygen atoms in total. The summed E-state index contributed by atoms with van der Waals surface area (Å²) in [5.74, 6) is 1.53. The number of carbonyl (C=O) groups excluding carboxylic acids is 1. The van der Waals surface area contributed by atoms with Gasteiger partial charge in [0.1, 0.15) is 0 Å². The predicted molar refractivity (Wildman–Crippen MR) is 82.3 cm³/mol. The van der Waals surface area contributed by atoms with Gasteiger partial charge in [0.25, 0.3) is 0 Å². The van der Waals surface area contributed by atoms with Crippen LogP contribution in [0.15, 0.2) is 6.07 Å². The van der Waals surface area contributed by atoms with Gasteiger partial charge in [-0.2, -0.15) is 0 Å². The lowest BCUT2D eigenvalue weighted by atomic mass is 9.83. The number of nitrogens with one attached hydrogen (secondary N) is 1. The average molecular weight is 288 g/mol. The maximum Gasteiger partial charge on any atom is 0.224 e. The normalized spacial score (nSPS) is 22.5. The van der Waals surface area contributed by atoms with Crippen LogP contribution in [0.4, 0.5) is 5.95 Å². The quantitative estimate of drug-likeness (QED) is 0.904. The van der Waals surface area contributed by atoms with Crippen LogP contribution >= 0.6 is 0 Å². The fraction of sp³-hybridized carbons (Fsp3) is 0.688. The predicted octanol–water partition coefficient (Wildman–Crippen LogP) is 2.48. The van der Waals surface area contributed by atoms with Crippen LogP contribution in [0.3, 0.4) is 0 Å². The van der Waals surface area contributed by atoms with Gasteiger partial charge in [0.15, 0.2) is 0 Å². The number of nitrogens with zero attached hydrogens (tertiary/aromatic N) is 3. The topological polar surface area (TPSA) is 58.1 Å². The second kappa shape index (κ2) is 6.00. The number of aromatic nitrogens is 2. The molecule has 0 bridgehead atoms. The molecule has 0 radical (unpaired) electrons. The molecule has 0 unspecified atom stereocenters. The molecule has 3 rings (SSSR count). The summed E-state index contributed by atoms with van der Waals surface area (Å²) >= 11 is 0. The molecule has 21 heavy (non-hydrogen) atoms. The van der Waals surface area contributed by atoms with E-state index in [1.165, 1.54) is 19.3 Å². The second-order valence-electron chi connectivity index (χ2n) is 6.27. The van der Waals surface area contributed by atoms with Crippen LogP contribution in [0.25, 0.3) is 0 Å². The van der Waals surface area contributed by atoms with Crippen molar-refractivity contribution < 1.29 is 4.79 Å². The summed E-state index contributed by atoms with van der Waals surface area (Å²) in [4.78, 5) is 23.0. The van der Waals surface area contributed by atoms with Crippen LogP contribution in [0, 0.1) is 6.92 Å². The Kier molecular flexibility index (Phi) is 4.08. The van der Waals surface area contributed by atoms with Gasteiger partial charge in [0.2, 0.25) is 11.9 Å². The van der Waals surface area contributed by atoms with Crippen molar-refractivity contribution in [3.8, 4) is 0 Å². The summed E-state index contributed by atoms with van der Waals surface area (Å²) in [6.07, 6.45) is 5.34. The monoisotopic (exact) mass is 288 g/mol. The second-order valence-corrected chi connectivity index (χ2v) is 6.27. The van der Waals surface area contributed by atoms with Gasteiger partial charge < -0.3 is 10.2 Å². The first kappa shape index (κ1) is 14.3. The molecule has 1 saturated heterocycles. The summed E-state index contributed by atoms with van der Waals surface area (Å²) in [6, 6.07) is 2.23. The Bertz CT molecular complexity index is 527. The van der Waals surface area contributed by atoms with Crippen LogP contribution in [-0.2, 0) is 4.79 Å². The highest BCUT2D eigenvalue weighted by Crippen LogP contribution is 2.35. The number of likely N-dealkylation sites (tertiary alicyclic amines) is 1. The fourth-order valence-electron chi connectivity index (χ4n) is 3.11. The third kappa shape index (κ3) is 3.17. The summed E-state index contributed by atoms with van der Waals surface area (Å²) in [5.41, 5.74) is 2.16. The van der Waals surface area contributed by atoms with Gasteiger partial charge in [-0.25, -0.2) is 9.97 Å². The number of hydrogen-bond acceptors (Lipinski definition) is 4. The lowest BCUT2D eigenvalue weighted by Crippen LogP contribution is -2.29. The molecule has 1 aromatic heterocycles. The summed E-state index contributed by atoms with van der Waals surface area (Å²) < 4.78 is 0.